The van der Waals surface area contributed by atoms with E-state index in [1.54, 1.807) is 53.8 Å². The summed E-state index contributed by atoms with van der Waals surface area (Å²) in [6, 6.07) is 2.23. The highest BCUT2D eigenvalue weighted by molar-refractivity contribution is 9.10. The third-order valence-corrected chi connectivity index (χ3v) is 5.08. The average molecular weight is 470 g/mol. The summed E-state index contributed by atoms with van der Waals surface area (Å²) in [5.41, 5.74) is -0.581. The number of likely N-dealkylation sites (tertiary alicyclic amines) is 1. The van der Waals surface area contributed by atoms with Crippen LogP contribution >= 0.6 is 15.9 Å². The summed E-state index contributed by atoms with van der Waals surface area (Å²) in [6.45, 7) is 14.4. The third kappa shape index (κ3) is 6.96. The molecule has 162 valence electrons. The highest BCUT2D eigenvalue weighted by atomic mass is 79.9. The van der Waals surface area contributed by atoms with Crippen molar-refractivity contribution in [1.29, 1.82) is 0 Å². The number of hydrogen-bond donors (Lipinski definition) is 0. The lowest BCUT2D eigenvalue weighted by Gasteiger charge is -2.28. The van der Waals surface area contributed by atoms with Gasteiger partial charge in [-0.1, -0.05) is 0 Å². The number of hydrogen-bond acceptors (Lipinski definition) is 6. The van der Waals surface area contributed by atoms with E-state index in [-0.39, 0.29) is 5.82 Å². The van der Waals surface area contributed by atoms with Gasteiger partial charge in [-0.3, -0.25) is 4.90 Å². The Morgan fingerprint density at radius 1 is 1.17 bits per heavy atom. The van der Waals surface area contributed by atoms with E-state index in [4.69, 9.17) is 9.47 Å². The van der Waals surface area contributed by atoms with Crippen molar-refractivity contribution in [3.63, 3.8) is 0 Å². The van der Waals surface area contributed by atoms with Gasteiger partial charge in [0.25, 0.3) is 0 Å². The number of imide groups is 1. The van der Waals surface area contributed by atoms with Crippen molar-refractivity contribution in [3.05, 3.63) is 22.3 Å². The normalized spacial score (nSPS) is 17.9. The molecular weight excluding hydrogens is 438 g/mol. The zero-order valence-electron chi connectivity index (χ0n) is 18.4. The molecular formula is C21H32BrN3O4. The van der Waals surface area contributed by atoms with E-state index in [1.807, 2.05) is 0 Å². The molecule has 0 saturated carbocycles. The van der Waals surface area contributed by atoms with Crippen LogP contribution in [0.15, 0.2) is 16.7 Å². The molecule has 29 heavy (non-hydrogen) atoms. The molecule has 0 bridgehead atoms. The smallest absolute Gasteiger partial charge is 0.425 e. The Morgan fingerprint density at radius 3 is 2.17 bits per heavy atom. The van der Waals surface area contributed by atoms with Crippen LogP contribution in [0.3, 0.4) is 0 Å². The average Bonchev–Trinajstić information content (AvgIpc) is 2.92. The molecule has 2 heterocycles. The molecule has 0 unspecified atom stereocenters. The minimum atomic E-state index is -0.818. The van der Waals surface area contributed by atoms with Crippen LogP contribution < -0.4 is 4.90 Å². The summed E-state index contributed by atoms with van der Waals surface area (Å²) in [5.74, 6) is 0.179. The molecule has 1 aromatic rings. The number of carbonyl (C=O) groups is 2. The van der Waals surface area contributed by atoms with Crippen molar-refractivity contribution < 1.29 is 19.1 Å². The number of ether oxygens (including phenoxy) is 2. The first kappa shape index (κ1) is 23.6. The summed E-state index contributed by atoms with van der Waals surface area (Å²) in [4.78, 5) is 33.2. The second-order valence-electron chi connectivity index (χ2n) is 9.39. The van der Waals surface area contributed by atoms with Crippen molar-refractivity contribution in [2.45, 2.75) is 85.1 Å². The van der Waals surface area contributed by atoms with Gasteiger partial charge in [0.05, 0.1) is 0 Å². The minimum absolute atomic E-state index is 0.179. The van der Waals surface area contributed by atoms with Gasteiger partial charge in [0.15, 0.2) is 0 Å². The fourth-order valence-electron chi connectivity index (χ4n) is 3.03. The standard InChI is InChI=1S/C21H32BrN3O4/c1-14-9-8-10-24(14)13-15-11-17(23-12-16(15)22)25(18(26)28-20(2,3)4)19(27)29-21(5,6)7/h11-12,14H,8-10,13H2,1-7H3/t14-/m1/s1. The van der Waals surface area contributed by atoms with Crippen LogP contribution in [0.5, 0.6) is 0 Å². The van der Waals surface area contributed by atoms with Gasteiger partial charge >= 0.3 is 12.2 Å². The monoisotopic (exact) mass is 469 g/mol. The molecule has 1 aromatic heterocycles. The highest BCUT2D eigenvalue weighted by Crippen LogP contribution is 2.28. The van der Waals surface area contributed by atoms with Gasteiger partial charge in [-0.25, -0.2) is 14.6 Å². The van der Waals surface area contributed by atoms with E-state index < -0.39 is 23.4 Å². The summed E-state index contributed by atoms with van der Waals surface area (Å²) >= 11 is 3.54. The first-order valence-electron chi connectivity index (χ1n) is 9.91. The molecule has 0 N–H and O–H groups in total. The van der Waals surface area contributed by atoms with Crippen molar-refractivity contribution in [3.8, 4) is 0 Å². The molecule has 1 aliphatic heterocycles. The van der Waals surface area contributed by atoms with E-state index >= 15 is 0 Å². The van der Waals surface area contributed by atoms with E-state index in [0.29, 0.717) is 12.6 Å². The van der Waals surface area contributed by atoms with Gasteiger partial charge in [0.2, 0.25) is 0 Å². The zero-order valence-corrected chi connectivity index (χ0v) is 20.0. The fourth-order valence-corrected chi connectivity index (χ4v) is 3.38. The molecule has 2 amide bonds. The molecule has 0 spiro atoms. The Labute approximate surface area is 181 Å². The van der Waals surface area contributed by atoms with Crippen molar-refractivity contribution in [2.24, 2.45) is 0 Å². The Morgan fingerprint density at radius 2 is 1.72 bits per heavy atom. The van der Waals surface area contributed by atoms with Crippen LogP contribution in [-0.2, 0) is 16.0 Å². The third-order valence-electron chi connectivity index (χ3n) is 4.37. The van der Waals surface area contributed by atoms with Crippen molar-refractivity contribution in [1.82, 2.24) is 9.88 Å². The zero-order chi connectivity index (χ0) is 22.0. The molecule has 1 atom stereocenters. The Kier molecular flexibility index (Phi) is 7.32. The summed E-state index contributed by atoms with van der Waals surface area (Å²) in [7, 11) is 0. The van der Waals surface area contributed by atoms with Crippen LogP contribution in [0.2, 0.25) is 0 Å². The first-order valence-corrected chi connectivity index (χ1v) is 10.7. The molecule has 7 nitrogen and oxygen atoms in total. The summed E-state index contributed by atoms with van der Waals surface area (Å²) in [6.07, 6.45) is 2.30. The number of nitrogens with zero attached hydrogens (tertiary/aromatic N) is 3. The predicted octanol–water partition coefficient (Wildman–Crippen LogP) is 5.51. The molecule has 2 rings (SSSR count). The first-order chi connectivity index (χ1) is 13.3. The van der Waals surface area contributed by atoms with Gasteiger partial charge in [-0.15, -0.1) is 0 Å². The number of amides is 2. The molecule has 1 fully saturated rings. The summed E-state index contributed by atoms with van der Waals surface area (Å²) in [5, 5.41) is 0. The van der Waals surface area contributed by atoms with Crippen LogP contribution in [0, 0.1) is 0 Å². The lowest BCUT2D eigenvalue weighted by Crippen LogP contribution is -2.44. The molecule has 0 aromatic carbocycles. The van der Waals surface area contributed by atoms with Crippen LogP contribution in [-0.4, -0.2) is 45.9 Å². The van der Waals surface area contributed by atoms with Gasteiger partial charge < -0.3 is 9.47 Å². The lowest BCUT2D eigenvalue weighted by molar-refractivity contribution is 0.0429. The summed E-state index contributed by atoms with van der Waals surface area (Å²) < 4.78 is 11.7. The van der Waals surface area contributed by atoms with Crippen molar-refractivity contribution >= 4 is 33.9 Å². The SMILES string of the molecule is C[C@@H]1CCCN1Cc1cc(N(C(=O)OC(C)(C)C)C(=O)OC(C)(C)C)ncc1Br. The number of carbonyl (C=O) groups excluding carboxylic acids is 2. The molecule has 1 saturated heterocycles. The Hall–Kier alpha value is -1.67. The maximum Gasteiger partial charge on any atom is 0.425 e. The number of pyridine rings is 1. The highest BCUT2D eigenvalue weighted by Gasteiger charge is 2.34. The van der Waals surface area contributed by atoms with Gasteiger partial charge in [0.1, 0.15) is 17.0 Å². The molecule has 0 aliphatic carbocycles. The van der Waals surface area contributed by atoms with Gasteiger partial charge in [-0.2, -0.15) is 4.90 Å². The van der Waals surface area contributed by atoms with E-state index in [0.717, 1.165) is 27.9 Å². The quantitative estimate of drug-likeness (QED) is 0.581. The Balaban J connectivity index is 2.37. The maximum atomic E-state index is 12.8. The molecule has 0 radical (unpaired) electrons. The largest absolute Gasteiger partial charge is 0.443 e. The molecule has 8 heteroatoms. The van der Waals surface area contributed by atoms with Gasteiger partial charge in [0, 0.05) is 23.3 Å². The van der Waals surface area contributed by atoms with E-state index in [9.17, 15) is 9.59 Å². The van der Waals surface area contributed by atoms with Crippen molar-refractivity contribution in [2.75, 3.05) is 11.4 Å². The minimum Gasteiger partial charge on any atom is -0.443 e. The van der Waals surface area contributed by atoms with Gasteiger partial charge in [-0.05, 0) is 95.4 Å². The second-order valence-corrected chi connectivity index (χ2v) is 10.2. The number of rotatable bonds is 3. The Bertz CT molecular complexity index is 727. The predicted molar refractivity (Wildman–Crippen MR) is 116 cm³/mol. The van der Waals surface area contributed by atoms with Crippen LogP contribution in [0.25, 0.3) is 0 Å². The van der Waals surface area contributed by atoms with E-state index in [1.165, 1.54) is 6.42 Å². The van der Waals surface area contributed by atoms with E-state index in [2.05, 4.69) is 32.7 Å². The number of anilines is 1. The second kappa shape index (κ2) is 9.00. The molecule has 1 aliphatic rings. The number of aromatic nitrogens is 1. The van der Waals surface area contributed by atoms with Crippen LogP contribution in [0.1, 0.15) is 66.9 Å². The van der Waals surface area contributed by atoms with Crippen LogP contribution in [0.4, 0.5) is 15.4 Å². The lowest BCUT2D eigenvalue weighted by atomic mass is 10.2. The fraction of sp³-hybridized carbons (Fsp3) is 0.667. The number of halogens is 1. The topological polar surface area (TPSA) is 72.0 Å². The maximum absolute atomic E-state index is 12.8.